The van der Waals surface area contributed by atoms with Crippen molar-refractivity contribution < 1.29 is 9.84 Å². The third-order valence-electron chi connectivity index (χ3n) is 4.37. The molecule has 1 aromatic rings. The van der Waals surface area contributed by atoms with E-state index in [9.17, 15) is 0 Å². The van der Waals surface area contributed by atoms with Crippen LogP contribution in [0.5, 0.6) is 5.75 Å². The number of fused-ring (bicyclic) bond motifs is 1. The summed E-state index contributed by atoms with van der Waals surface area (Å²) in [7, 11) is 0. The van der Waals surface area contributed by atoms with E-state index in [0.29, 0.717) is 12.5 Å². The van der Waals surface area contributed by atoms with Gasteiger partial charge in [0.2, 0.25) is 0 Å². The van der Waals surface area contributed by atoms with E-state index in [2.05, 4.69) is 4.90 Å². The molecule has 2 atom stereocenters. The van der Waals surface area contributed by atoms with E-state index >= 15 is 0 Å². The van der Waals surface area contributed by atoms with E-state index in [-0.39, 0.29) is 6.10 Å². The molecule has 0 amide bonds. The van der Waals surface area contributed by atoms with E-state index in [1.54, 1.807) is 0 Å². The van der Waals surface area contributed by atoms with Crippen LogP contribution >= 0.6 is 11.6 Å². The van der Waals surface area contributed by atoms with Gasteiger partial charge in [0.1, 0.15) is 11.9 Å². The summed E-state index contributed by atoms with van der Waals surface area (Å²) in [6, 6.07) is 5.88. The van der Waals surface area contributed by atoms with Crippen LogP contribution in [0, 0.1) is 5.92 Å². The third kappa shape index (κ3) is 3.27. The van der Waals surface area contributed by atoms with Crippen molar-refractivity contribution in [2.24, 2.45) is 5.92 Å². The summed E-state index contributed by atoms with van der Waals surface area (Å²) < 4.78 is 6.01. The fourth-order valence-corrected chi connectivity index (χ4v) is 3.61. The third-order valence-corrected chi connectivity index (χ3v) is 4.60. The standard InChI is InChI=1S/C16H22ClNO2/c17-14-3-4-16-13(8-14)9-15(20-16)11-18-6-1-2-12(10-18)5-7-19/h3-4,8,12,15,19H,1-2,5-7,9-11H2. The molecule has 0 saturated carbocycles. The van der Waals surface area contributed by atoms with Gasteiger partial charge in [-0.1, -0.05) is 11.6 Å². The van der Waals surface area contributed by atoms with Gasteiger partial charge >= 0.3 is 0 Å². The second kappa shape index (κ2) is 6.33. The molecule has 2 aliphatic rings. The van der Waals surface area contributed by atoms with E-state index < -0.39 is 0 Å². The fourth-order valence-electron chi connectivity index (χ4n) is 3.41. The van der Waals surface area contributed by atoms with Crippen molar-refractivity contribution in [3.8, 4) is 5.75 Å². The lowest BCUT2D eigenvalue weighted by Gasteiger charge is -2.33. The van der Waals surface area contributed by atoms with Crippen molar-refractivity contribution in [1.29, 1.82) is 0 Å². The molecule has 4 heteroatoms. The van der Waals surface area contributed by atoms with Gasteiger partial charge in [-0.2, -0.15) is 0 Å². The largest absolute Gasteiger partial charge is 0.488 e. The van der Waals surface area contributed by atoms with Crippen LogP contribution < -0.4 is 4.74 Å². The van der Waals surface area contributed by atoms with Crippen molar-refractivity contribution in [2.75, 3.05) is 26.2 Å². The molecular formula is C16H22ClNO2. The van der Waals surface area contributed by atoms with Crippen LogP contribution in [0.3, 0.4) is 0 Å². The number of ether oxygens (including phenoxy) is 1. The molecule has 0 bridgehead atoms. The Hall–Kier alpha value is -0.770. The maximum Gasteiger partial charge on any atom is 0.123 e. The van der Waals surface area contributed by atoms with Crippen molar-refractivity contribution in [3.05, 3.63) is 28.8 Å². The van der Waals surface area contributed by atoms with Crippen LogP contribution in [-0.2, 0) is 6.42 Å². The van der Waals surface area contributed by atoms with E-state index in [1.165, 1.54) is 18.4 Å². The van der Waals surface area contributed by atoms with Gasteiger partial charge in [-0.05, 0) is 55.5 Å². The minimum absolute atomic E-state index is 0.247. The van der Waals surface area contributed by atoms with Gasteiger partial charge in [-0.25, -0.2) is 0 Å². The second-order valence-electron chi connectivity index (χ2n) is 5.98. The van der Waals surface area contributed by atoms with Gasteiger partial charge in [0.15, 0.2) is 0 Å². The predicted molar refractivity (Wildman–Crippen MR) is 80.4 cm³/mol. The second-order valence-corrected chi connectivity index (χ2v) is 6.41. The van der Waals surface area contributed by atoms with Crippen molar-refractivity contribution in [1.82, 2.24) is 4.90 Å². The first kappa shape index (κ1) is 14.2. The number of hydrogen-bond acceptors (Lipinski definition) is 3. The van der Waals surface area contributed by atoms with Crippen LogP contribution in [0.4, 0.5) is 0 Å². The van der Waals surface area contributed by atoms with Gasteiger partial charge in [0.05, 0.1) is 0 Å². The molecule has 20 heavy (non-hydrogen) atoms. The highest BCUT2D eigenvalue weighted by molar-refractivity contribution is 6.30. The molecule has 1 fully saturated rings. The number of hydrogen-bond donors (Lipinski definition) is 1. The summed E-state index contributed by atoms with van der Waals surface area (Å²) in [5, 5.41) is 9.86. The van der Waals surface area contributed by atoms with Crippen LogP contribution in [0.25, 0.3) is 0 Å². The number of halogens is 1. The average Bonchev–Trinajstić information content (AvgIpc) is 2.81. The smallest absolute Gasteiger partial charge is 0.123 e. The molecule has 110 valence electrons. The average molecular weight is 296 g/mol. The molecule has 2 heterocycles. The minimum Gasteiger partial charge on any atom is -0.488 e. The Morgan fingerprint density at radius 3 is 3.15 bits per heavy atom. The lowest BCUT2D eigenvalue weighted by Crippen LogP contribution is -2.41. The Bertz CT molecular complexity index is 464. The summed E-state index contributed by atoms with van der Waals surface area (Å²) in [6.45, 7) is 3.53. The van der Waals surface area contributed by atoms with Gasteiger partial charge < -0.3 is 9.84 Å². The van der Waals surface area contributed by atoms with Gasteiger partial charge in [-0.15, -0.1) is 0 Å². The summed E-state index contributed by atoms with van der Waals surface area (Å²) in [4.78, 5) is 2.49. The molecule has 2 aliphatic heterocycles. The lowest BCUT2D eigenvalue weighted by molar-refractivity contribution is 0.101. The number of likely N-dealkylation sites (tertiary alicyclic amines) is 1. The summed E-state index contributed by atoms with van der Waals surface area (Å²) in [6.07, 6.45) is 4.61. The predicted octanol–water partition coefficient (Wildman–Crippen LogP) is 2.74. The molecule has 2 unspecified atom stereocenters. The highest BCUT2D eigenvalue weighted by Crippen LogP contribution is 2.32. The number of rotatable bonds is 4. The molecule has 0 spiro atoms. The highest BCUT2D eigenvalue weighted by atomic mass is 35.5. The van der Waals surface area contributed by atoms with E-state index in [4.69, 9.17) is 21.4 Å². The maximum atomic E-state index is 9.08. The summed E-state index contributed by atoms with van der Waals surface area (Å²) >= 11 is 6.03. The molecule has 0 aliphatic carbocycles. The molecule has 1 saturated heterocycles. The first-order valence-corrected chi connectivity index (χ1v) is 7.90. The summed E-state index contributed by atoms with van der Waals surface area (Å²) in [5.74, 6) is 1.63. The monoisotopic (exact) mass is 295 g/mol. The zero-order valence-corrected chi connectivity index (χ0v) is 12.5. The topological polar surface area (TPSA) is 32.7 Å². The van der Waals surface area contributed by atoms with Crippen LogP contribution in [0.15, 0.2) is 18.2 Å². The molecule has 1 N–H and O–H groups in total. The Morgan fingerprint density at radius 2 is 2.30 bits per heavy atom. The highest BCUT2D eigenvalue weighted by Gasteiger charge is 2.27. The lowest BCUT2D eigenvalue weighted by atomic mass is 9.95. The number of benzene rings is 1. The van der Waals surface area contributed by atoms with Crippen LogP contribution in [0.1, 0.15) is 24.8 Å². The van der Waals surface area contributed by atoms with Crippen LogP contribution in [0.2, 0.25) is 5.02 Å². The Kier molecular flexibility index (Phi) is 4.49. The Balaban J connectivity index is 1.55. The van der Waals surface area contributed by atoms with Gasteiger partial charge in [-0.3, -0.25) is 4.90 Å². The molecule has 1 aromatic carbocycles. The molecule has 0 aromatic heterocycles. The van der Waals surface area contributed by atoms with Gasteiger partial charge in [0, 0.05) is 31.1 Å². The zero-order chi connectivity index (χ0) is 13.9. The molecular weight excluding hydrogens is 274 g/mol. The molecule has 0 radical (unpaired) electrons. The van der Waals surface area contributed by atoms with E-state index in [0.717, 1.165) is 43.2 Å². The Labute approximate surface area is 125 Å². The Morgan fingerprint density at radius 1 is 1.40 bits per heavy atom. The fraction of sp³-hybridized carbons (Fsp3) is 0.625. The number of aliphatic hydroxyl groups excluding tert-OH is 1. The molecule has 3 nitrogen and oxygen atoms in total. The minimum atomic E-state index is 0.247. The van der Waals surface area contributed by atoms with Crippen molar-refractivity contribution in [3.63, 3.8) is 0 Å². The first-order chi connectivity index (χ1) is 9.74. The SMILES string of the molecule is OCCC1CCCN(CC2Cc3cc(Cl)ccc3O2)C1. The zero-order valence-electron chi connectivity index (χ0n) is 11.7. The van der Waals surface area contributed by atoms with Gasteiger partial charge in [0.25, 0.3) is 0 Å². The normalized spacial score (nSPS) is 26.3. The van der Waals surface area contributed by atoms with E-state index in [1.807, 2.05) is 18.2 Å². The number of nitrogens with zero attached hydrogens (tertiary/aromatic N) is 1. The summed E-state index contributed by atoms with van der Waals surface area (Å²) in [5.41, 5.74) is 1.23. The van der Waals surface area contributed by atoms with Crippen molar-refractivity contribution >= 4 is 11.6 Å². The quantitative estimate of drug-likeness (QED) is 0.927. The molecule has 3 rings (SSSR count). The van der Waals surface area contributed by atoms with Crippen molar-refractivity contribution in [2.45, 2.75) is 31.8 Å². The van der Waals surface area contributed by atoms with Crippen LogP contribution in [-0.4, -0.2) is 42.4 Å². The number of aliphatic hydroxyl groups is 1. The number of piperidine rings is 1. The maximum absolute atomic E-state index is 9.08. The first-order valence-electron chi connectivity index (χ1n) is 7.53.